The lowest BCUT2D eigenvalue weighted by molar-refractivity contribution is 0.474. The second-order valence-electron chi connectivity index (χ2n) is 3.72. The summed E-state index contributed by atoms with van der Waals surface area (Å²) in [6.45, 7) is 0. The third-order valence-electron chi connectivity index (χ3n) is 2.32. The van der Waals surface area contributed by atoms with Gasteiger partial charge in [0.05, 0.1) is 5.69 Å². The number of halogens is 3. The second-order valence-corrected chi connectivity index (χ2v) is 5.86. The molecule has 0 fully saturated rings. The molecule has 2 aromatic rings. The van der Waals surface area contributed by atoms with Crippen molar-refractivity contribution in [2.75, 3.05) is 0 Å². The minimum atomic E-state index is 0.0965. The number of phenolic OH excluding ortho intramolecular Hbond substituents is 2. The Bertz CT molecular complexity index is 636. The van der Waals surface area contributed by atoms with Gasteiger partial charge >= 0.3 is 0 Å². The van der Waals surface area contributed by atoms with Crippen LogP contribution < -0.4 is 0 Å². The molecule has 0 radical (unpaired) electrons. The summed E-state index contributed by atoms with van der Waals surface area (Å²) in [6, 6.07) is 7.79. The number of hydrogen-bond acceptors (Lipinski definition) is 3. The Kier molecular flexibility index (Phi) is 4.50. The molecule has 2 rings (SSSR count). The van der Waals surface area contributed by atoms with Crippen molar-refractivity contribution in [3.63, 3.8) is 0 Å². The van der Waals surface area contributed by atoms with E-state index in [9.17, 15) is 10.2 Å². The average molecular weight is 405 g/mol. The van der Waals surface area contributed by atoms with E-state index < -0.39 is 0 Å². The van der Waals surface area contributed by atoms with Crippen LogP contribution >= 0.6 is 43.5 Å². The summed E-state index contributed by atoms with van der Waals surface area (Å²) in [6.07, 6.45) is 1.50. The number of nitrogens with zero attached hydrogens (tertiary/aromatic N) is 1. The van der Waals surface area contributed by atoms with E-state index in [0.29, 0.717) is 25.2 Å². The van der Waals surface area contributed by atoms with E-state index in [1.165, 1.54) is 24.4 Å². The van der Waals surface area contributed by atoms with Gasteiger partial charge in [0, 0.05) is 25.7 Å². The quantitative estimate of drug-likeness (QED) is 0.689. The smallest absolute Gasteiger partial charge is 0.124 e. The van der Waals surface area contributed by atoms with Crippen molar-refractivity contribution >= 4 is 55.4 Å². The minimum Gasteiger partial charge on any atom is -0.508 e. The molecule has 0 aliphatic carbocycles. The number of rotatable bonds is 2. The van der Waals surface area contributed by atoms with Crippen LogP contribution in [-0.4, -0.2) is 16.4 Å². The highest BCUT2D eigenvalue weighted by Gasteiger charge is 2.06. The fourth-order valence-electron chi connectivity index (χ4n) is 1.44. The van der Waals surface area contributed by atoms with E-state index in [4.69, 9.17) is 11.6 Å². The Labute approximate surface area is 131 Å². The van der Waals surface area contributed by atoms with Gasteiger partial charge in [-0.1, -0.05) is 11.6 Å². The highest BCUT2D eigenvalue weighted by molar-refractivity contribution is 9.11. The van der Waals surface area contributed by atoms with Crippen LogP contribution in [0.5, 0.6) is 11.5 Å². The van der Waals surface area contributed by atoms with Crippen LogP contribution in [0.15, 0.2) is 44.3 Å². The third-order valence-corrected chi connectivity index (χ3v) is 3.77. The summed E-state index contributed by atoms with van der Waals surface area (Å²) in [7, 11) is 0. The number of phenols is 2. The zero-order valence-electron chi connectivity index (χ0n) is 9.44. The van der Waals surface area contributed by atoms with E-state index in [0.717, 1.165) is 0 Å². The van der Waals surface area contributed by atoms with E-state index in [1.54, 1.807) is 12.1 Å². The third kappa shape index (κ3) is 3.49. The SMILES string of the molecule is Oc1cc(Br)c(N=Cc2cc(Cl)ccc2O)c(Br)c1. The number of benzene rings is 2. The zero-order valence-corrected chi connectivity index (χ0v) is 13.4. The fraction of sp³-hybridized carbons (Fsp3) is 0. The molecule has 98 valence electrons. The predicted molar refractivity (Wildman–Crippen MR) is 83.9 cm³/mol. The number of aromatic hydroxyl groups is 2. The largest absolute Gasteiger partial charge is 0.508 e. The van der Waals surface area contributed by atoms with Gasteiger partial charge in [-0.3, -0.25) is 4.99 Å². The molecule has 0 aromatic heterocycles. The molecule has 2 N–H and O–H groups in total. The van der Waals surface area contributed by atoms with Gasteiger partial charge in [-0.25, -0.2) is 0 Å². The molecule has 0 heterocycles. The minimum absolute atomic E-state index is 0.0965. The maximum Gasteiger partial charge on any atom is 0.124 e. The van der Waals surface area contributed by atoms with Gasteiger partial charge in [0.25, 0.3) is 0 Å². The first-order valence-corrected chi connectivity index (χ1v) is 7.14. The number of hydrogen-bond donors (Lipinski definition) is 2. The second kappa shape index (κ2) is 5.94. The molecule has 19 heavy (non-hydrogen) atoms. The predicted octanol–water partition coefficient (Wildman–Crippen LogP) is 5.03. The molecule has 0 aliphatic rings. The molecular weight excluding hydrogens is 397 g/mol. The molecule has 0 bridgehead atoms. The van der Waals surface area contributed by atoms with Crippen LogP contribution in [0.25, 0.3) is 0 Å². The lowest BCUT2D eigenvalue weighted by atomic mass is 10.2. The van der Waals surface area contributed by atoms with E-state index in [-0.39, 0.29) is 11.5 Å². The molecule has 0 saturated carbocycles. The van der Waals surface area contributed by atoms with Crippen LogP contribution in [0.4, 0.5) is 5.69 Å². The van der Waals surface area contributed by atoms with Crippen LogP contribution in [0.3, 0.4) is 0 Å². The van der Waals surface area contributed by atoms with Gasteiger partial charge in [0.15, 0.2) is 0 Å². The van der Waals surface area contributed by atoms with Crippen molar-refractivity contribution in [3.05, 3.63) is 49.9 Å². The average Bonchev–Trinajstić information content (AvgIpc) is 2.32. The van der Waals surface area contributed by atoms with E-state index in [2.05, 4.69) is 36.9 Å². The summed E-state index contributed by atoms with van der Waals surface area (Å²) in [4.78, 5) is 4.27. The fourth-order valence-corrected chi connectivity index (χ4v) is 2.99. The van der Waals surface area contributed by atoms with Gasteiger partial charge < -0.3 is 10.2 Å². The van der Waals surface area contributed by atoms with Crippen molar-refractivity contribution in [2.24, 2.45) is 4.99 Å². The van der Waals surface area contributed by atoms with E-state index in [1.807, 2.05) is 0 Å². The summed E-state index contributed by atoms with van der Waals surface area (Å²) in [5.41, 5.74) is 1.12. The number of aliphatic imine (C=N–C) groups is 1. The first kappa shape index (κ1) is 14.4. The van der Waals surface area contributed by atoms with Crippen molar-refractivity contribution in [1.82, 2.24) is 0 Å². The molecule has 0 saturated heterocycles. The van der Waals surface area contributed by atoms with Crippen molar-refractivity contribution in [2.45, 2.75) is 0 Å². The lowest BCUT2D eigenvalue weighted by Crippen LogP contribution is -1.83. The maximum atomic E-state index is 9.68. The van der Waals surface area contributed by atoms with Gasteiger partial charge in [-0.05, 0) is 62.2 Å². The highest BCUT2D eigenvalue weighted by Crippen LogP contribution is 2.37. The summed E-state index contributed by atoms with van der Waals surface area (Å²) >= 11 is 12.5. The molecule has 0 spiro atoms. The first-order chi connectivity index (χ1) is 8.97. The monoisotopic (exact) mass is 403 g/mol. The van der Waals surface area contributed by atoms with Gasteiger partial charge in [-0.2, -0.15) is 0 Å². The van der Waals surface area contributed by atoms with Gasteiger partial charge in [-0.15, -0.1) is 0 Å². The topological polar surface area (TPSA) is 52.8 Å². The van der Waals surface area contributed by atoms with Gasteiger partial charge in [0.2, 0.25) is 0 Å². The van der Waals surface area contributed by atoms with Crippen LogP contribution in [0.2, 0.25) is 5.02 Å². The standard InChI is InChI=1S/C13H8Br2ClNO2/c14-10-4-9(18)5-11(15)13(10)17-6-7-3-8(16)1-2-12(7)19/h1-6,18-19H. The molecule has 2 aromatic carbocycles. The molecule has 3 nitrogen and oxygen atoms in total. The first-order valence-electron chi connectivity index (χ1n) is 5.18. The molecule has 0 amide bonds. The normalized spacial score (nSPS) is 11.1. The summed E-state index contributed by atoms with van der Waals surface area (Å²) in [5.74, 6) is 0.225. The van der Waals surface area contributed by atoms with Crippen LogP contribution in [0.1, 0.15) is 5.56 Å². The molecule has 0 aliphatic heterocycles. The molecule has 6 heteroatoms. The molecular formula is C13H8Br2ClNO2. The zero-order chi connectivity index (χ0) is 14.0. The maximum absolute atomic E-state index is 9.68. The van der Waals surface area contributed by atoms with Crippen molar-refractivity contribution < 1.29 is 10.2 Å². The Morgan fingerprint density at radius 1 is 1.05 bits per heavy atom. The van der Waals surface area contributed by atoms with Crippen molar-refractivity contribution in [1.29, 1.82) is 0 Å². The van der Waals surface area contributed by atoms with E-state index >= 15 is 0 Å². The summed E-state index contributed by atoms with van der Waals surface area (Å²) < 4.78 is 1.27. The van der Waals surface area contributed by atoms with Crippen LogP contribution in [-0.2, 0) is 0 Å². The summed E-state index contributed by atoms with van der Waals surface area (Å²) in [5, 5.41) is 19.6. The lowest BCUT2D eigenvalue weighted by Gasteiger charge is -2.04. The molecule has 0 atom stereocenters. The Hall–Kier alpha value is -1.04. The Morgan fingerprint density at radius 2 is 1.68 bits per heavy atom. The van der Waals surface area contributed by atoms with Gasteiger partial charge in [0.1, 0.15) is 11.5 Å². The Morgan fingerprint density at radius 3 is 2.32 bits per heavy atom. The van der Waals surface area contributed by atoms with Crippen LogP contribution in [0, 0.1) is 0 Å². The molecule has 0 unspecified atom stereocenters. The Balaban J connectivity index is 2.41. The van der Waals surface area contributed by atoms with Crippen molar-refractivity contribution in [3.8, 4) is 11.5 Å². The highest BCUT2D eigenvalue weighted by atomic mass is 79.9.